The largest absolute Gasteiger partial charge is 0.479 e. The molecule has 522 valence electrons. The van der Waals surface area contributed by atoms with Crippen molar-refractivity contribution >= 4 is 23.9 Å². The molecule has 4 aliphatic heterocycles. The van der Waals surface area contributed by atoms with Crippen molar-refractivity contribution in [3.63, 3.8) is 0 Å². The molecule has 27 nitrogen and oxygen atoms in total. The Labute approximate surface area is 535 Å². The molecule has 92 heavy (non-hydrogen) atoms. The molecular formula is C65H100O27. The fourth-order valence-corrected chi connectivity index (χ4v) is 17.8. The first kappa shape index (κ1) is 72.6. The lowest BCUT2D eigenvalue weighted by molar-refractivity contribution is -0.386. The Hall–Kier alpha value is -3.66. The first-order chi connectivity index (χ1) is 42.9. The van der Waals surface area contributed by atoms with Gasteiger partial charge in [-0.3, -0.25) is 4.79 Å². The molecule has 0 radical (unpaired) electrons. The summed E-state index contributed by atoms with van der Waals surface area (Å²) in [4.78, 5) is 52.4. The number of hydrogen-bond donors (Lipinski definition) is 12. The lowest BCUT2D eigenvalue weighted by atomic mass is 9.33. The summed E-state index contributed by atoms with van der Waals surface area (Å²) in [5.41, 5.74) is -3.54. The molecule has 5 aliphatic carbocycles. The zero-order valence-electron chi connectivity index (χ0n) is 54.8. The van der Waals surface area contributed by atoms with Crippen LogP contribution in [0.15, 0.2) is 34.9 Å². The second-order valence-corrected chi connectivity index (χ2v) is 29.4. The Morgan fingerprint density at radius 2 is 1.16 bits per heavy atom. The van der Waals surface area contributed by atoms with E-state index in [4.69, 9.17) is 52.1 Å². The summed E-state index contributed by atoms with van der Waals surface area (Å²) in [7, 11) is 0. The van der Waals surface area contributed by atoms with Gasteiger partial charge in [-0.2, -0.15) is 0 Å². The van der Waals surface area contributed by atoms with Crippen LogP contribution in [0.25, 0.3) is 0 Å². The van der Waals surface area contributed by atoms with Crippen LogP contribution in [0.5, 0.6) is 0 Å². The molecule has 9 aliphatic rings. The first-order valence-electron chi connectivity index (χ1n) is 32.3. The van der Waals surface area contributed by atoms with E-state index in [1.54, 1.807) is 33.8 Å². The van der Waals surface area contributed by atoms with Gasteiger partial charge in [0.1, 0.15) is 73.8 Å². The highest BCUT2D eigenvalue weighted by atomic mass is 16.8. The average molecular weight is 1310 g/mol. The molecule has 0 amide bonds. The third-order valence-electron chi connectivity index (χ3n) is 23.6. The second-order valence-electron chi connectivity index (χ2n) is 29.4. The highest BCUT2D eigenvalue weighted by Crippen LogP contribution is 2.76. The summed E-state index contributed by atoms with van der Waals surface area (Å²) < 4.78 is 67.2. The maximum atomic E-state index is 13.4. The second kappa shape index (κ2) is 27.0. The minimum atomic E-state index is -2.13. The molecule has 9 rings (SSSR count). The van der Waals surface area contributed by atoms with Crippen molar-refractivity contribution in [2.75, 3.05) is 19.8 Å². The number of aliphatic hydroxyl groups is 11. The van der Waals surface area contributed by atoms with Gasteiger partial charge in [0.15, 0.2) is 43.5 Å². The number of aliphatic hydroxyl groups excluding tert-OH is 11. The summed E-state index contributed by atoms with van der Waals surface area (Å²) in [6.07, 6.45) is -29.1. The molecule has 4 heterocycles. The predicted octanol–water partition coefficient (Wildman–Crippen LogP) is 0.715. The van der Waals surface area contributed by atoms with E-state index < -0.39 is 223 Å². The monoisotopic (exact) mass is 1310 g/mol. The molecule has 4 saturated carbocycles. The van der Waals surface area contributed by atoms with Crippen LogP contribution in [-0.4, -0.2) is 246 Å². The molecule has 0 bridgehead atoms. The van der Waals surface area contributed by atoms with Gasteiger partial charge in [0, 0.05) is 18.1 Å². The Kier molecular flexibility index (Phi) is 21.3. The Bertz CT molecular complexity index is 2790. The summed E-state index contributed by atoms with van der Waals surface area (Å²) in [5.74, 6) is -4.56. The van der Waals surface area contributed by atoms with Crippen LogP contribution in [0, 0.1) is 50.2 Å². The highest BCUT2D eigenvalue weighted by Gasteiger charge is 2.74. The van der Waals surface area contributed by atoms with E-state index in [2.05, 4.69) is 26.8 Å². The molecule has 0 aromatic heterocycles. The van der Waals surface area contributed by atoms with Crippen LogP contribution in [0.4, 0.5) is 0 Å². The molecule has 12 N–H and O–H groups in total. The zero-order chi connectivity index (χ0) is 68.0. The number of carboxylic acid groups (broad SMARTS) is 1. The van der Waals surface area contributed by atoms with Crippen molar-refractivity contribution in [1.29, 1.82) is 0 Å². The number of allylic oxidation sites excluding steroid dienone is 4. The smallest absolute Gasteiger partial charge is 0.335 e. The number of hydrogen-bond acceptors (Lipinski definition) is 26. The van der Waals surface area contributed by atoms with Crippen molar-refractivity contribution in [3.05, 3.63) is 34.9 Å². The highest BCUT2D eigenvalue weighted by molar-refractivity contribution is 5.88. The minimum Gasteiger partial charge on any atom is -0.479 e. The number of rotatable bonds is 17. The van der Waals surface area contributed by atoms with Gasteiger partial charge < -0.3 is 113 Å². The molecule has 0 aromatic rings. The summed E-state index contributed by atoms with van der Waals surface area (Å²) in [6.45, 7) is 21.8. The molecule has 0 aromatic carbocycles. The minimum absolute atomic E-state index is 0.0439. The van der Waals surface area contributed by atoms with Crippen LogP contribution >= 0.6 is 0 Å². The number of carboxylic acids is 1. The third-order valence-corrected chi connectivity index (χ3v) is 23.6. The van der Waals surface area contributed by atoms with Crippen LogP contribution in [0.3, 0.4) is 0 Å². The quantitative estimate of drug-likeness (QED) is 0.0314. The summed E-state index contributed by atoms with van der Waals surface area (Å²) in [5, 5.41) is 135. The van der Waals surface area contributed by atoms with Gasteiger partial charge >= 0.3 is 23.9 Å². The molecule has 8 fully saturated rings. The Balaban J connectivity index is 1.01. The van der Waals surface area contributed by atoms with Gasteiger partial charge in [-0.15, -0.1) is 0 Å². The maximum Gasteiger partial charge on any atom is 0.335 e. The number of carbonyl (C=O) groups is 4. The predicted molar refractivity (Wildman–Crippen MR) is 316 cm³/mol. The number of esters is 3. The Morgan fingerprint density at radius 1 is 0.609 bits per heavy atom. The van der Waals surface area contributed by atoms with E-state index >= 15 is 0 Å². The van der Waals surface area contributed by atoms with E-state index in [0.717, 1.165) is 5.57 Å². The standard InChI is InChI=1S/C65H100O27/c1-14-27(3)54(80)87-46-29(5)83-58(45(76)48(46)88-55(81)28(4)15-2)92-52-51(77)65(26-82-30(6)68)32(22-60(52,7)8)31-16-17-36-62(11)20-19-38(61(9,10)35(62)18-21-63(36,12)64(31,13)23-37(65)69)86-59-50(91-57-43(74)41(72)39(70)33(24-66)84-57)47(44(75)49(90-59)53(78)79)89-56-42(73)40(71)34(25-67)85-56/h14-16,29,32-52,56-59,66-67,69-77H,17-26H2,1-13H3,(H,78,79)/t29?,32?,33?,34-,35?,36?,37+,38-,39-,40+,41+,42?,43?,44-,45?,46-,47+,48+,49?,50?,51-,52-,56-,57-,58-,59+,62-,63+,64+,65-/m0/s1. The van der Waals surface area contributed by atoms with Crippen molar-refractivity contribution < 1.29 is 133 Å². The van der Waals surface area contributed by atoms with Crippen molar-refractivity contribution in [1.82, 2.24) is 0 Å². The first-order valence-corrected chi connectivity index (χ1v) is 32.3. The van der Waals surface area contributed by atoms with Crippen molar-refractivity contribution in [2.24, 2.45) is 50.2 Å². The number of carbonyl (C=O) groups excluding carboxylic acids is 3. The fourth-order valence-electron chi connectivity index (χ4n) is 17.8. The van der Waals surface area contributed by atoms with Gasteiger partial charge in [-0.05, 0) is 124 Å². The van der Waals surface area contributed by atoms with E-state index in [1.165, 1.54) is 19.9 Å². The van der Waals surface area contributed by atoms with E-state index in [-0.39, 0.29) is 35.8 Å². The molecular weight excluding hydrogens is 1210 g/mol. The van der Waals surface area contributed by atoms with Crippen LogP contribution in [0.1, 0.15) is 135 Å². The number of ether oxygens (including phenoxy) is 11. The number of aliphatic carboxylic acids is 1. The molecule has 0 spiro atoms. The normalized spacial score (nSPS) is 48.4. The summed E-state index contributed by atoms with van der Waals surface area (Å²) in [6, 6.07) is 0. The van der Waals surface area contributed by atoms with E-state index in [1.807, 2.05) is 27.7 Å². The number of fused-ring (bicyclic) bond motifs is 7. The molecule has 30 atom stereocenters. The lowest BCUT2D eigenvalue weighted by Crippen LogP contribution is -2.72. The molecule has 4 saturated heterocycles. The third kappa shape index (κ3) is 12.3. The van der Waals surface area contributed by atoms with Gasteiger partial charge in [0.05, 0.1) is 49.1 Å². The van der Waals surface area contributed by atoms with Gasteiger partial charge in [-0.25, -0.2) is 14.4 Å². The Morgan fingerprint density at radius 3 is 1.73 bits per heavy atom. The molecule has 10 unspecified atom stereocenters. The van der Waals surface area contributed by atoms with Gasteiger partial charge in [0.2, 0.25) is 0 Å². The van der Waals surface area contributed by atoms with Crippen molar-refractivity contribution in [2.45, 2.75) is 276 Å². The SMILES string of the molecule is CC=C(C)C(=O)O[C@@H]1C(O)[C@H](O[C@H]2[C@H](O)[C@@]3(COC(C)=O)C(CC2(C)C)C2=CCC4[C@@]5(C)CC[C@H](O[C@@H]6OC(C(=O)O)[C@@H](O)[C@@H](O[C@@H]7O[C@@H](CO)[C@@H](O)C7O)C6O[C@@H]6OC(CO)[C@H](O)[C@@H](O)C6O)C(C)(C)C5CC[C@@]4(C)[C@]2(C)C[C@H]3O)OC(C)[C@@H]1OC(=O)C(C)=CC. The topological polar surface area (TPSA) is 413 Å². The van der Waals surface area contributed by atoms with E-state index in [9.17, 15) is 80.5 Å². The van der Waals surface area contributed by atoms with Crippen LogP contribution < -0.4 is 0 Å². The lowest BCUT2D eigenvalue weighted by Gasteiger charge is -2.72. The molecule has 27 heteroatoms. The van der Waals surface area contributed by atoms with E-state index in [0.29, 0.717) is 32.1 Å². The van der Waals surface area contributed by atoms with Gasteiger partial charge in [-0.1, -0.05) is 72.3 Å². The van der Waals surface area contributed by atoms with Crippen LogP contribution in [0.2, 0.25) is 0 Å². The van der Waals surface area contributed by atoms with Crippen molar-refractivity contribution in [3.8, 4) is 0 Å². The summed E-state index contributed by atoms with van der Waals surface area (Å²) >= 11 is 0. The maximum absolute atomic E-state index is 13.4. The van der Waals surface area contributed by atoms with Crippen LogP contribution in [-0.2, 0) is 71.3 Å². The fraction of sp³-hybridized carbons (Fsp3) is 0.846. The average Bonchev–Trinajstić information content (AvgIpc) is 0.773. The van der Waals surface area contributed by atoms with Gasteiger partial charge in [0.25, 0.3) is 0 Å². The zero-order valence-corrected chi connectivity index (χ0v) is 54.8.